The van der Waals surface area contributed by atoms with Crippen molar-refractivity contribution in [3.8, 4) is 0 Å². The van der Waals surface area contributed by atoms with Crippen LogP contribution in [0.25, 0.3) is 0 Å². The Balaban J connectivity index is 4.36. The van der Waals surface area contributed by atoms with E-state index in [0.29, 0.717) is 6.42 Å². The molecule has 0 aromatic heterocycles. The molecule has 0 bridgehead atoms. The minimum atomic E-state index is -4.23. The molecule has 5 heteroatoms. The van der Waals surface area contributed by atoms with Gasteiger partial charge in [-0.05, 0) is 13.8 Å². The molecule has 0 atom stereocenters. The highest BCUT2D eigenvalue weighted by Crippen LogP contribution is 2.18. The number of amidine groups is 1. The Morgan fingerprint density at radius 3 is 2.08 bits per heavy atom. The van der Waals surface area contributed by atoms with Gasteiger partial charge in [-0.1, -0.05) is 6.92 Å². The van der Waals surface area contributed by atoms with Crippen LogP contribution in [-0.2, 0) is 0 Å². The Kier molecular flexibility index (Phi) is 4.23. The summed E-state index contributed by atoms with van der Waals surface area (Å²) in [5.74, 6) is 0.0346. The zero-order valence-corrected chi connectivity index (χ0v) is 8.07. The molecule has 0 aliphatic rings. The number of rotatable bonds is 3. The van der Waals surface area contributed by atoms with E-state index in [1.807, 2.05) is 0 Å². The molecule has 0 amide bonds. The maximum atomic E-state index is 12.0. The molecule has 78 valence electrons. The summed E-state index contributed by atoms with van der Waals surface area (Å²) in [6, 6.07) is -0.283. The van der Waals surface area contributed by atoms with Crippen molar-refractivity contribution >= 4 is 5.84 Å². The summed E-state index contributed by atoms with van der Waals surface area (Å²) in [6.45, 7) is 3.94. The number of nitrogens with one attached hydrogen (secondary N) is 1. The van der Waals surface area contributed by atoms with E-state index in [2.05, 4.69) is 0 Å². The SMILES string of the molecule is CCC(=N)N(CC(F)(F)F)C(C)C. The molecule has 0 aromatic carbocycles. The first-order valence-corrected chi connectivity index (χ1v) is 4.18. The fourth-order valence-corrected chi connectivity index (χ4v) is 0.986. The maximum absolute atomic E-state index is 12.0. The van der Waals surface area contributed by atoms with Crippen LogP contribution in [0.3, 0.4) is 0 Å². The fourth-order valence-electron chi connectivity index (χ4n) is 0.986. The molecule has 0 rings (SSSR count). The van der Waals surface area contributed by atoms with Crippen LogP contribution in [-0.4, -0.2) is 29.5 Å². The summed E-state index contributed by atoms with van der Waals surface area (Å²) in [5.41, 5.74) is 0. The van der Waals surface area contributed by atoms with E-state index in [4.69, 9.17) is 5.41 Å². The molecule has 0 aliphatic carbocycles. The number of alkyl halides is 3. The highest BCUT2D eigenvalue weighted by molar-refractivity contribution is 5.79. The molecule has 1 N–H and O–H groups in total. The van der Waals surface area contributed by atoms with Gasteiger partial charge in [-0.3, -0.25) is 5.41 Å². The summed E-state index contributed by atoms with van der Waals surface area (Å²) in [6.07, 6.45) is -3.90. The molecular weight excluding hydrogens is 181 g/mol. The summed E-state index contributed by atoms with van der Waals surface area (Å²) < 4.78 is 36.1. The number of hydrogen-bond donors (Lipinski definition) is 1. The lowest BCUT2D eigenvalue weighted by molar-refractivity contribution is -0.140. The van der Waals surface area contributed by atoms with Crippen molar-refractivity contribution < 1.29 is 13.2 Å². The lowest BCUT2D eigenvalue weighted by atomic mass is 10.2. The minimum absolute atomic E-state index is 0.0346. The van der Waals surface area contributed by atoms with Crippen LogP contribution in [0.15, 0.2) is 0 Å². The maximum Gasteiger partial charge on any atom is 0.405 e. The Labute approximate surface area is 76.2 Å². The topological polar surface area (TPSA) is 27.1 Å². The lowest BCUT2D eigenvalue weighted by Gasteiger charge is -2.29. The molecule has 0 radical (unpaired) electrons. The van der Waals surface area contributed by atoms with Gasteiger partial charge in [0.25, 0.3) is 0 Å². The first kappa shape index (κ1) is 12.3. The number of hydrogen-bond acceptors (Lipinski definition) is 1. The highest BCUT2D eigenvalue weighted by atomic mass is 19.4. The molecule has 0 fully saturated rings. The first-order valence-electron chi connectivity index (χ1n) is 4.18. The van der Waals surface area contributed by atoms with Gasteiger partial charge >= 0.3 is 6.18 Å². The second-order valence-electron chi connectivity index (χ2n) is 3.14. The third-order valence-electron chi connectivity index (χ3n) is 1.65. The summed E-state index contributed by atoms with van der Waals surface area (Å²) >= 11 is 0. The van der Waals surface area contributed by atoms with Crippen LogP contribution >= 0.6 is 0 Å². The number of nitrogens with zero attached hydrogens (tertiary/aromatic N) is 1. The predicted octanol–water partition coefficient (Wildman–Crippen LogP) is 2.65. The molecular formula is C8H15F3N2. The first-order chi connectivity index (χ1) is 5.78. The Hall–Kier alpha value is -0.740. The van der Waals surface area contributed by atoms with E-state index in [-0.39, 0.29) is 11.9 Å². The zero-order chi connectivity index (χ0) is 10.6. The average molecular weight is 196 g/mol. The molecule has 0 saturated carbocycles. The van der Waals surface area contributed by atoms with E-state index >= 15 is 0 Å². The fraction of sp³-hybridized carbons (Fsp3) is 0.875. The van der Waals surface area contributed by atoms with Gasteiger partial charge in [0.15, 0.2) is 0 Å². The standard InChI is InChI=1S/C8H15F3N2/c1-4-7(12)13(6(2)3)5-8(9,10)11/h6,12H,4-5H2,1-3H3. The highest BCUT2D eigenvalue weighted by Gasteiger charge is 2.32. The normalized spacial score (nSPS) is 11.9. The minimum Gasteiger partial charge on any atom is -0.349 e. The zero-order valence-electron chi connectivity index (χ0n) is 8.07. The third-order valence-corrected chi connectivity index (χ3v) is 1.65. The molecule has 0 aliphatic heterocycles. The van der Waals surface area contributed by atoms with Crippen molar-refractivity contribution in [2.75, 3.05) is 6.54 Å². The van der Waals surface area contributed by atoms with Gasteiger partial charge in [0.05, 0.1) is 5.84 Å². The monoisotopic (exact) mass is 196 g/mol. The van der Waals surface area contributed by atoms with Crippen LogP contribution in [0.2, 0.25) is 0 Å². The molecule has 0 unspecified atom stereocenters. The van der Waals surface area contributed by atoms with Crippen molar-refractivity contribution in [3.63, 3.8) is 0 Å². The van der Waals surface area contributed by atoms with E-state index in [1.54, 1.807) is 20.8 Å². The molecule has 0 aromatic rings. The Morgan fingerprint density at radius 1 is 1.38 bits per heavy atom. The van der Waals surface area contributed by atoms with Crippen LogP contribution in [0.1, 0.15) is 27.2 Å². The van der Waals surface area contributed by atoms with E-state index in [9.17, 15) is 13.2 Å². The second kappa shape index (κ2) is 4.48. The van der Waals surface area contributed by atoms with Gasteiger partial charge in [-0.2, -0.15) is 13.2 Å². The van der Waals surface area contributed by atoms with Gasteiger partial charge in [0.2, 0.25) is 0 Å². The van der Waals surface area contributed by atoms with Gasteiger partial charge in [-0.25, -0.2) is 0 Å². The Morgan fingerprint density at radius 2 is 1.85 bits per heavy atom. The van der Waals surface area contributed by atoms with Gasteiger partial charge in [0, 0.05) is 12.5 Å². The van der Waals surface area contributed by atoms with Crippen molar-refractivity contribution in [2.24, 2.45) is 0 Å². The summed E-state index contributed by atoms with van der Waals surface area (Å²) in [4.78, 5) is 1.06. The molecule has 0 heterocycles. The van der Waals surface area contributed by atoms with Crippen LogP contribution in [0.4, 0.5) is 13.2 Å². The average Bonchev–Trinajstić information content (AvgIpc) is 1.96. The molecule has 2 nitrogen and oxygen atoms in total. The third kappa shape index (κ3) is 4.75. The van der Waals surface area contributed by atoms with Crippen molar-refractivity contribution in [1.82, 2.24) is 4.90 Å². The van der Waals surface area contributed by atoms with Gasteiger partial charge in [0.1, 0.15) is 6.54 Å². The number of halogens is 3. The Bertz CT molecular complexity index is 175. The molecule has 0 spiro atoms. The smallest absolute Gasteiger partial charge is 0.349 e. The second-order valence-corrected chi connectivity index (χ2v) is 3.14. The van der Waals surface area contributed by atoms with Crippen molar-refractivity contribution in [2.45, 2.75) is 39.4 Å². The predicted molar refractivity (Wildman–Crippen MR) is 45.9 cm³/mol. The van der Waals surface area contributed by atoms with Crippen LogP contribution < -0.4 is 0 Å². The molecule has 0 saturated heterocycles. The van der Waals surface area contributed by atoms with Gasteiger partial charge in [-0.15, -0.1) is 0 Å². The summed E-state index contributed by atoms with van der Waals surface area (Å²) in [5, 5.41) is 7.33. The quantitative estimate of drug-likeness (QED) is 0.545. The van der Waals surface area contributed by atoms with E-state index < -0.39 is 12.7 Å². The lowest BCUT2D eigenvalue weighted by Crippen LogP contribution is -2.42. The van der Waals surface area contributed by atoms with E-state index in [0.717, 1.165) is 4.90 Å². The molecule has 13 heavy (non-hydrogen) atoms. The van der Waals surface area contributed by atoms with Crippen molar-refractivity contribution in [1.29, 1.82) is 5.41 Å². The van der Waals surface area contributed by atoms with Crippen molar-refractivity contribution in [3.05, 3.63) is 0 Å². The van der Waals surface area contributed by atoms with Crippen LogP contribution in [0.5, 0.6) is 0 Å². The summed E-state index contributed by atoms with van der Waals surface area (Å²) in [7, 11) is 0. The largest absolute Gasteiger partial charge is 0.405 e. The van der Waals surface area contributed by atoms with Gasteiger partial charge < -0.3 is 4.90 Å². The van der Waals surface area contributed by atoms with E-state index in [1.165, 1.54) is 0 Å². The van der Waals surface area contributed by atoms with Crippen LogP contribution in [0, 0.1) is 5.41 Å².